The number of Topliss-reactive ketones (excluding diaryl/α,β-unsaturated/α-hetero) is 1. The molecule has 2 heterocycles. The number of ether oxygens (including phenoxy) is 1. The minimum absolute atomic E-state index is 0.123. The molecule has 7 nitrogen and oxygen atoms in total. The first-order valence-electron chi connectivity index (χ1n) is 9.67. The molecule has 1 aliphatic heterocycles. The largest absolute Gasteiger partial charge is 0.467 e. The van der Waals surface area contributed by atoms with Crippen LogP contribution in [0.1, 0.15) is 42.9 Å². The minimum atomic E-state index is -2.20. The molecule has 1 aliphatic carbocycles. The Balaban J connectivity index is 1.86. The summed E-state index contributed by atoms with van der Waals surface area (Å²) in [6.07, 6.45) is 2.61. The summed E-state index contributed by atoms with van der Waals surface area (Å²) in [6, 6.07) is 12.4. The van der Waals surface area contributed by atoms with E-state index in [1.807, 2.05) is 30.3 Å². The van der Waals surface area contributed by atoms with Gasteiger partial charge in [0.05, 0.1) is 19.9 Å². The minimum Gasteiger partial charge on any atom is -0.467 e. The summed E-state index contributed by atoms with van der Waals surface area (Å²) in [6.45, 7) is -0.131. The highest BCUT2D eigenvalue weighted by Crippen LogP contribution is 2.55. The van der Waals surface area contributed by atoms with Crippen LogP contribution in [0, 0.1) is 5.41 Å². The predicted molar refractivity (Wildman–Crippen MR) is 101 cm³/mol. The molecule has 4 rings (SSSR count). The lowest BCUT2D eigenvalue weighted by Gasteiger charge is -2.51. The average Bonchev–Trinajstić information content (AvgIpc) is 3.39. The molecule has 1 amide bonds. The van der Waals surface area contributed by atoms with Crippen molar-refractivity contribution in [2.45, 2.75) is 43.9 Å². The number of aliphatic hydroxyl groups is 1. The first kappa shape index (κ1) is 19.4. The number of carbonyl (C=O) groups excluding carboxylic acids is 3. The fourth-order valence-corrected chi connectivity index (χ4v) is 4.82. The second kappa shape index (κ2) is 7.15. The van der Waals surface area contributed by atoms with Crippen molar-refractivity contribution in [3.8, 4) is 0 Å². The van der Waals surface area contributed by atoms with Crippen LogP contribution in [0.5, 0.6) is 0 Å². The number of amides is 1. The standard InChI is InChI=1S/C22H23NO6/c1-28-20(26)22(27)13-17(15-7-3-2-4-8-15)21(11-5-10-18(21)24)19(25)23(22)14-16-9-6-12-29-16/h2-4,6-9,12,17,27H,5,10-11,13-14H2,1H3/t17-,21-,22-/m1/s1. The Kier molecular flexibility index (Phi) is 4.78. The molecule has 0 unspecified atom stereocenters. The monoisotopic (exact) mass is 397 g/mol. The predicted octanol–water partition coefficient (Wildman–Crippen LogP) is 2.40. The van der Waals surface area contributed by atoms with Crippen LogP contribution in [-0.2, 0) is 25.7 Å². The zero-order valence-corrected chi connectivity index (χ0v) is 16.2. The number of hydrogen-bond donors (Lipinski definition) is 1. The van der Waals surface area contributed by atoms with Gasteiger partial charge >= 0.3 is 5.97 Å². The van der Waals surface area contributed by atoms with Gasteiger partial charge in [0, 0.05) is 18.8 Å². The number of rotatable bonds is 4. The number of hydrogen-bond acceptors (Lipinski definition) is 6. The highest BCUT2D eigenvalue weighted by Gasteiger charge is 2.66. The van der Waals surface area contributed by atoms with Crippen LogP contribution in [0.2, 0.25) is 0 Å². The van der Waals surface area contributed by atoms with Gasteiger partial charge in [0.25, 0.3) is 0 Å². The van der Waals surface area contributed by atoms with Crippen LogP contribution < -0.4 is 0 Å². The molecule has 0 bridgehead atoms. The molecule has 29 heavy (non-hydrogen) atoms. The van der Waals surface area contributed by atoms with Crippen molar-refractivity contribution >= 4 is 17.7 Å². The van der Waals surface area contributed by atoms with Gasteiger partial charge in [-0.15, -0.1) is 0 Å². The maximum atomic E-state index is 13.8. The van der Waals surface area contributed by atoms with Gasteiger partial charge in [-0.05, 0) is 30.5 Å². The third-order valence-electron chi connectivity index (χ3n) is 6.24. The number of carbonyl (C=O) groups is 3. The van der Waals surface area contributed by atoms with E-state index in [0.29, 0.717) is 25.0 Å². The number of likely N-dealkylation sites (tertiary alicyclic amines) is 1. The topological polar surface area (TPSA) is 97.0 Å². The third kappa shape index (κ3) is 2.88. The highest BCUT2D eigenvalue weighted by atomic mass is 16.5. The third-order valence-corrected chi connectivity index (χ3v) is 6.24. The maximum Gasteiger partial charge on any atom is 0.359 e. The van der Waals surface area contributed by atoms with Crippen molar-refractivity contribution < 1.29 is 28.6 Å². The number of ketones is 1. The van der Waals surface area contributed by atoms with Crippen LogP contribution in [0.25, 0.3) is 0 Å². The lowest BCUT2D eigenvalue weighted by atomic mass is 9.63. The molecule has 1 aromatic heterocycles. The van der Waals surface area contributed by atoms with Crippen molar-refractivity contribution in [2.75, 3.05) is 7.11 Å². The summed E-state index contributed by atoms with van der Waals surface area (Å²) in [5, 5.41) is 11.4. The van der Waals surface area contributed by atoms with Crippen molar-refractivity contribution in [1.82, 2.24) is 4.90 Å². The van der Waals surface area contributed by atoms with Gasteiger partial charge in [-0.1, -0.05) is 30.3 Å². The molecule has 1 aromatic carbocycles. The fraction of sp³-hybridized carbons (Fsp3) is 0.409. The van der Waals surface area contributed by atoms with Crippen molar-refractivity contribution in [3.63, 3.8) is 0 Å². The van der Waals surface area contributed by atoms with Gasteiger partial charge in [-0.25, -0.2) is 4.79 Å². The van der Waals surface area contributed by atoms with Crippen LogP contribution in [0.4, 0.5) is 0 Å². The van der Waals surface area contributed by atoms with Gasteiger partial charge in [-0.2, -0.15) is 0 Å². The summed E-state index contributed by atoms with van der Waals surface area (Å²) in [5.74, 6) is -1.85. The average molecular weight is 397 g/mol. The highest BCUT2D eigenvalue weighted by molar-refractivity contribution is 6.10. The summed E-state index contributed by atoms with van der Waals surface area (Å²) >= 11 is 0. The number of esters is 1. The van der Waals surface area contributed by atoms with E-state index in [1.165, 1.54) is 13.4 Å². The van der Waals surface area contributed by atoms with Crippen LogP contribution in [0.3, 0.4) is 0 Å². The Bertz CT molecular complexity index is 924. The van der Waals surface area contributed by atoms with Gasteiger partial charge in [0.15, 0.2) is 0 Å². The summed E-state index contributed by atoms with van der Waals surface area (Å²) in [4.78, 5) is 40.6. The van der Waals surface area contributed by atoms with Gasteiger partial charge < -0.3 is 14.3 Å². The van der Waals surface area contributed by atoms with E-state index in [1.54, 1.807) is 12.1 Å². The first-order valence-corrected chi connectivity index (χ1v) is 9.67. The Morgan fingerprint density at radius 2 is 2.00 bits per heavy atom. The van der Waals surface area contributed by atoms with E-state index in [2.05, 4.69) is 0 Å². The molecule has 2 fully saturated rings. The zero-order chi connectivity index (χ0) is 20.6. The lowest BCUT2D eigenvalue weighted by Crippen LogP contribution is -2.67. The lowest BCUT2D eigenvalue weighted by molar-refractivity contribution is -0.212. The molecule has 1 N–H and O–H groups in total. The first-order chi connectivity index (χ1) is 13.9. The summed E-state index contributed by atoms with van der Waals surface area (Å²) in [5.41, 5.74) is -2.75. The molecule has 2 aliphatic rings. The van der Waals surface area contributed by atoms with Crippen molar-refractivity contribution in [3.05, 3.63) is 60.1 Å². The second-order valence-electron chi connectivity index (χ2n) is 7.69. The summed E-state index contributed by atoms with van der Waals surface area (Å²) in [7, 11) is 1.17. The molecule has 1 saturated carbocycles. The van der Waals surface area contributed by atoms with Crippen molar-refractivity contribution in [2.24, 2.45) is 5.41 Å². The number of piperidine rings is 1. The van der Waals surface area contributed by atoms with E-state index >= 15 is 0 Å². The molecule has 1 spiro atoms. The molecular weight excluding hydrogens is 374 g/mol. The van der Waals surface area contributed by atoms with Gasteiger partial charge in [0.2, 0.25) is 11.6 Å². The van der Waals surface area contributed by atoms with Crippen LogP contribution in [-0.4, -0.2) is 40.5 Å². The normalized spacial score (nSPS) is 29.4. The number of furan rings is 1. The van der Waals surface area contributed by atoms with Crippen LogP contribution in [0.15, 0.2) is 53.1 Å². The van der Waals surface area contributed by atoms with E-state index < -0.39 is 28.9 Å². The molecule has 1 saturated heterocycles. The van der Waals surface area contributed by atoms with Crippen LogP contribution >= 0.6 is 0 Å². The smallest absolute Gasteiger partial charge is 0.359 e. The Morgan fingerprint density at radius 3 is 2.59 bits per heavy atom. The fourth-order valence-electron chi connectivity index (χ4n) is 4.82. The molecule has 0 radical (unpaired) electrons. The number of nitrogens with zero attached hydrogens (tertiary/aromatic N) is 1. The Hall–Kier alpha value is -2.93. The van der Waals surface area contributed by atoms with E-state index in [-0.39, 0.29) is 18.7 Å². The SMILES string of the molecule is COC(=O)[C@]1(O)C[C@H](c2ccccc2)[C@@]2(CCCC2=O)C(=O)N1Cc1ccco1. The van der Waals surface area contributed by atoms with E-state index in [4.69, 9.17) is 9.15 Å². The Labute approximate surface area is 168 Å². The molecule has 152 valence electrons. The Morgan fingerprint density at radius 1 is 1.24 bits per heavy atom. The second-order valence-corrected chi connectivity index (χ2v) is 7.69. The molecule has 3 atom stereocenters. The van der Waals surface area contributed by atoms with Gasteiger partial charge in [-0.3, -0.25) is 14.5 Å². The maximum absolute atomic E-state index is 13.8. The quantitative estimate of drug-likeness (QED) is 0.629. The van der Waals surface area contributed by atoms with E-state index in [0.717, 1.165) is 10.5 Å². The van der Waals surface area contributed by atoms with Crippen molar-refractivity contribution in [1.29, 1.82) is 0 Å². The molecular formula is C22H23NO6. The number of benzene rings is 1. The zero-order valence-electron chi connectivity index (χ0n) is 16.2. The summed E-state index contributed by atoms with van der Waals surface area (Å²) < 4.78 is 10.2. The van der Waals surface area contributed by atoms with Gasteiger partial charge in [0.1, 0.15) is 17.0 Å². The van der Waals surface area contributed by atoms with E-state index in [9.17, 15) is 19.5 Å². The number of methoxy groups -OCH3 is 1. The molecule has 2 aromatic rings. The molecule has 7 heteroatoms.